The van der Waals surface area contributed by atoms with Gasteiger partial charge in [0.15, 0.2) is 0 Å². The lowest BCUT2D eigenvalue weighted by atomic mass is 10.1. The molecule has 6 heteroatoms. The van der Waals surface area contributed by atoms with Crippen LogP contribution in [0.25, 0.3) is 0 Å². The molecule has 1 atom stereocenters. The number of likely N-dealkylation sites (N-methyl/N-ethyl adjacent to an activating group) is 1. The molecule has 130 valence electrons. The summed E-state index contributed by atoms with van der Waals surface area (Å²) in [6, 6.07) is 10.3. The van der Waals surface area contributed by atoms with Gasteiger partial charge in [0.05, 0.1) is 6.04 Å². The lowest BCUT2D eigenvalue weighted by molar-refractivity contribution is -0.121. The molecule has 0 saturated carbocycles. The molecular weight excluding hydrogens is 322 g/mol. The Bertz CT molecular complexity index is 707. The van der Waals surface area contributed by atoms with Crippen LogP contribution in [0.2, 0.25) is 0 Å². The maximum absolute atomic E-state index is 12.1. The van der Waals surface area contributed by atoms with Crippen molar-refractivity contribution in [1.82, 2.24) is 14.8 Å². The third-order valence-corrected chi connectivity index (χ3v) is 4.94. The number of thiazole rings is 1. The Labute approximate surface area is 146 Å². The molecule has 0 saturated heterocycles. The second-order valence-electron chi connectivity index (χ2n) is 6.09. The molecular formula is C18H25N3O2S. The summed E-state index contributed by atoms with van der Waals surface area (Å²) in [6.07, 6.45) is 1.10. The molecule has 1 N–H and O–H groups in total. The van der Waals surface area contributed by atoms with Gasteiger partial charge < -0.3 is 14.8 Å². The van der Waals surface area contributed by atoms with Gasteiger partial charge >= 0.3 is 4.87 Å². The van der Waals surface area contributed by atoms with E-state index in [2.05, 4.69) is 22.3 Å². The Kier molecular flexibility index (Phi) is 6.75. The molecule has 0 radical (unpaired) electrons. The molecule has 0 fully saturated rings. The second kappa shape index (κ2) is 8.80. The minimum Gasteiger partial charge on any atom is -0.354 e. The minimum atomic E-state index is 0.0266. The first-order chi connectivity index (χ1) is 11.5. The molecule has 1 aromatic heterocycles. The average Bonchev–Trinajstić information content (AvgIpc) is 2.87. The summed E-state index contributed by atoms with van der Waals surface area (Å²) in [5.74, 6) is 0.0266. The van der Waals surface area contributed by atoms with E-state index in [0.717, 1.165) is 5.69 Å². The van der Waals surface area contributed by atoms with E-state index in [1.165, 1.54) is 16.9 Å². The van der Waals surface area contributed by atoms with Crippen molar-refractivity contribution in [2.45, 2.75) is 32.4 Å². The summed E-state index contributed by atoms with van der Waals surface area (Å²) < 4.78 is 1.73. The van der Waals surface area contributed by atoms with E-state index in [1.807, 2.05) is 44.6 Å². The van der Waals surface area contributed by atoms with E-state index < -0.39 is 0 Å². The zero-order valence-corrected chi connectivity index (χ0v) is 15.3. The van der Waals surface area contributed by atoms with Crippen molar-refractivity contribution in [3.8, 4) is 0 Å². The van der Waals surface area contributed by atoms with Crippen molar-refractivity contribution in [3.63, 3.8) is 0 Å². The topological polar surface area (TPSA) is 54.3 Å². The number of carbonyl (C=O) groups is 1. The highest BCUT2D eigenvalue weighted by atomic mass is 32.1. The first-order valence-electron chi connectivity index (χ1n) is 8.12. The van der Waals surface area contributed by atoms with Crippen LogP contribution in [0.1, 0.15) is 30.1 Å². The second-order valence-corrected chi connectivity index (χ2v) is 6.91. The monoisotopic (exact) mass is 347 g/mol. The molecule has 0 aliphatic carbocycles. The third-order valence-electron chi connectivity index (χ3n) is 4.06. The molecule has 0 spiro atoms. The maximum Gasteiger partial charge on any atom is 0.307 e. The summed E-state index contributed by atoms with van der Waals surface area (Å²) in [5, 5.41) is 4.86. The van der Waals surface area contributed by atoms with Crippen LogP contribution in [0.3, 0.4) is 0 Å². The van der Waals surface area contributed by atoms with Crippen LogP contribution in [-0.4, -0.2) is 36.0 Å². The Hall–Kier alpha value is -1.92. The first-order valence-corrected chi connectivity index (χ1v) is 9.00. The number of amides is 1. The van der Waals surface area contributed by atoms with E-state index in [0.29, 0.717) is 25.9 Å². The standard InChI is InChI=1S/C18H25N3O2S/c1-14-13-24-18(23)21(14)11-7-10-17(22)19-12-16(20(2)3)15-8-5-4-6-9-15/h4-6,8-9,13,16H,7,10-12H2,1-3H3,(H,19,22)/t16-/m0/s1. The van der Waals surface area contributed by atoms with E-state index in [1.54, 1.807) is 4.57 Å². The van der Waals surface area contributed by atoms with Crippen LogP contribution in [0.4, 0.5) is 0 Å². The normalized spacial score (nSPS) is 12.3. The van der Waals surface area contributed by atoms with Gasteiger partial charge in [-0.05, 0) is 33.0 Å². The highest BCUT2D eigenvalue weighted by molar-refractivity contribution is 7.07. The van der Waals surface area contributed by atoms with Crippen molar-refractivity contribution in [2.75, 3.05) is 20.6 Å². The summed E-state index contributed by atoms with van der Waals surface area (Å²) in [6.45, 7) is 3.09. The number of nitrogens with one attached hydrogen (secondary N) is 1. The zero-order valence-electron chi connectivity index (χ0n) is 14.5. The number of hydrogen-bond acceptors (Lipinski definition) is 4. The van der Waals surface area contributed by atoms with Crippen molar-refractivity contribution in [2.24, 2.45) is 0 Å². The quantitative estimate of drug-likeness (QED) is 0.798. The highest BCUT2D eigenvalue weighted by Gasteiger charge is 2.14. The van der Waals surface area contributed by atoms with Gasteiger partial charge in [0.2, 0.25) is 5.91 Å². The number of carbonyl (C=O) groups excluding carboxylic acids is 1. The van der Waals surface area contributed by atoms with Crippen molar-refractivity contribution in [3.05, 3.63) is 56.6 Å². The minimum absolute atomic E-state index is 0.0266. The molecule has 2 aromatic rings. The highest BCUT2D eigenvalue weighted by Crippen LogP contribution is 2.16. The summed E-state index contributed by atoms with van der Waals surface area (Å²) in [7, 11) is 4.02. The molecule has 1 heterocycles. The Balaban J connectivity index is 1.80. The van der Waals surface area contributed by atoms with Gasteiger partial charge in [-0.2, -0.15) is 0 Å². The van der Waals surface area contributed by atoms with Crippen LogP contribution in [0.5, 0.6) is 0 Å². The van der Waals surface area contributed by atoms with Crippen LogP contribution in [-0.2, 0) is 11.3 Å². The molecule has 1 amide bonds. The fourth-order valence-corrected chi connectivity index (χ4v) is 3.41. The van der Waals surface area contributed by atoms with Gasteiger partial charge in [0.1, 0.15) is 0 Å². The van der Waals surface area contributed by atoms with Crippen LogP contribution in [0.15, 0.2) is 40.5 Å². The lowest BCUT2D eigenvalue weighted by Crippen LogP contribution is -2.34. The fraction of sp³-hybridized carbons (Fsp3) is 0.444. The molecule has 0 aliphatic heterocycles. The third kappa shape index (κ3) is 5.04. The number of aromatic nitrogens is 1. The molecule has 0 aliphatic rings. The fourth-order valence-electron chi connectivity index (χ4n) is 2.64. The Morgan fingerprint density at radius 2 is 2.00 bits per heavy atom. The molecule has 0 unspecified atom stereocenters. The van der Waals surface area contributed by atoms with Crippen LogP contribution >= 0.6 is 11.3 Å². The lowest BCUT2D eigenvalue weighted by Gasteiger charge is -2.25. The van der Waals surface area contributed by atoms with E-state index in [-0.39, 0.29) is 16.8 Å². The molecule has 2 rings (SSSR count). The number of rotatable bonds is 8. The predicted octanol–water partition coefficient (Wildman–Crippen LogP) is 2.42. The number of hydrogen-bond donors (Lipinski definition) is 1. The number of nitrogens with zero attached hydrogens (tertiary/aromatic N) is 2. The zero-order chi connectivity index (χ0) is 17.5. The molecule has 0 bridgehead atoms. The summed E-state index contributed by atoms with van der Waals surface area (Å²) in [4.78, 5) is 25.9. The number of aryl methyl sites for hydroxylation is 1. The van der Waals surface area contributed by atoms with E-state index in [4.69, 9.17) is 0 Å². The van der Waals surface area contributed by atoms with Crippen molar-refractivity contribution in [1.29, 1.82) is 0 Å². The van der Waals surface area contributed by atoms with Crippen molar-refractivity contribution >= 4 is 17.2 Å². The molecule has 24 heavy (non-hydrogen) atoms. The van der Waals surface area contributed by atoms with Crippen LogP contribution in [0, 0.1) is 6.92 Å². The smallest absolute Gasteiger partial charge is 0.307 e. The largest absolute Gasteiger partial charge is 0.354 e. The average molecular weight is 347 g/mol. The summed E-state index contributed by atoms with van der Waals surface area (Å²) >= 11 is 1.21. The number of benzene rings is 1. The van der Waals surface area contributed by atoms with Gasteiger partial charge in [0.25, 0.3) is 0 Å². The van der Waals surface area contributed by atoms with Gasteiger partial charge in [-0.25, -0.2) is 0 Å². The van der Waals surface area contributed by atoms with Crippen molar-refractivity contribution < 1.29 is 4.79 Å². The predicted molar refractivity (Wildman–Crippen MR) is 98.4 cm³/mol. The molecule has 1 aromatic carbocycles. The van der Waals surface area contributed by atoms with Gasteiger partial charge in [-0.3, -0.25) is 9.59 Å². The molecule has 5 nitrogen and oxygen atoms in total. The van der Waals surface area contributed by atoms with E-state index >= 15 is 0 Å². The Morgan fingerprint density at radius 1 is 1.29 bits per heavy atom. The SMILES string of the molecule is Cc1csc(=O)n1CCCC(=O)NC[C@@H](c1ccccc1)N(C)C. The summed E-state index contributed by atoms with van der Waals surface area (Å²) in [5.41, 5.74) is 2.14. The Morgan fingerprint density at radius 3 is 2.58 bits per heavy atom. The van der Waals surface area contributed by atoms with Gasteiger partial charge in [0, 0.05) is 30.6 Å². The van der Waals surface area contributed by atoms with E-state index in [9.17, 15) is 9.59 Å². The maximum atomic E-state index is 12.1. The van der Waals surface area contributed by atoms with Gasteiger partial charge in [-0.15, -0.1) is 0 Å². The van der Waals surface area contributed by atoms with Gasteiger partial charge in [-0.1, -0.05) is 41.7 Å². The van der Waals surface area contributed by atoms with Crippen LogP contribution < -0.4 is 10.2 Å². The first kappa shape index (κ1) is 18.4.